The van der Waals surface area contributed by atoms with Crippen molar-refractivity contribution >= 4 is 41.9 Å². The molecule has 1 aromatic heterocycles. The van der Waals surface area contributed by atoms with Crippen LogP contribution in [0.2, 0.25) is 0 Å². The first-order chi connectivity index (χ1) is 32.3. The molecule has 0 spiro atoms. The van der Waals surface area contributed by atoms with E-state index < -0.39 is 0 Å². The molecule has 20 nitrogen and oxygen atoms in total. The number of rotatable bonds is 38. The second-order valence-corrected chi connectivity index (χ2v) is 15.4. The second-order valence-electron chi connectivity index (χ2n) is 15.4. The molecule has 1 aromatic carbocycles. The summed E-state index contributed by atoms with van der Waals surface area (Å²) in [5.41, 5.74) is 9.67. The molecule has 0 radical (unpaired) electrons. The fourth-order valence-electron chi connectivity index (χ4n) is 6.71. The summed E-state index contributed by atoms with van der Waals surface area (Å²) in [5, 5.41) is 16.5. The number of aromatic nitrogens is 1. The maximum absolute atomic E-state index is 12.8. The Kier molecular flexibility index (Phi) is 29.6. The summed E-state index contributed by atoms with van der Waals surface area (Å²) in [6, 6.07) is 8.16. The van der Waals surface area contributed by atoms with Gasteiger partial charge in [0, 0.05) is 89.6 Å². The van der Waals surface area contributed by atoms with E-state index in [2.05, 4.69) is 51.0 Å². The minimum absolute atomic E-state index is 0.0919. The number of ether oxygens (including phenoxy) is 7. The number of nitrogens with two attached hydrogens (primary N) is 1. The number of anilines is 1. The lowest BCUT2D eigenvalue weighted by Crippen LogP contribution is -2.48. The van der Waals surface area contributed by atoms with Crippen LogP contribution in [0, 0.1) is 5.41 Å². The molecule has 6 N–H and O–H groups in total. The molecule has 1 aliphatic rings. The van der Waals surface area contributed by atoms with Gasteiger partial charge in [0.05, 0.1) is 111 Å². The third-order valence-corrected chi connectivity index (χ3v) is 10.3. The monoisotopic (exact) mass is 930 g/mol. The number of amides is 3. The van der Waals surface area contributed by atoms with Crippen LogP contribution in [0.25, 0.3) is 0 Å². The number of piperazine rings is 1. The van der Waals surface area contributed by atoms with Gasteiger partial charge in [-0.3, -0.25) is 24.3 Å². The van der Waals surface area contributed by atoms with E-state index in [9.17, 15) is 19.2 Å². The van der Waals surface area contributed by atoms with Crippen LogP contribution in [0.1, 0.15) is 68.7 Å². The predicted molar refractivity (Wildman–Crippen MR) is 251 cm³/mol. The molecule has 0 saturated carbocycles. The highest BCUT2D eigenvalue weighted by molar-refractivity contribution is 5.97. The zero-order valence-electron chi connectivity index (χ0n) is 39.2. The highest BCUT2D eigenvalue weighted by atomic mass is 16.6. The van der Waals surface area contributed by atoms with Crippen LogP contribution in [0.3, 0.4) is 0 Å². The molecule has 66 heavy (non-hydrogen) atoms. The summed E-state index contributed by atoms with van der Waals surface area (Å²) in [6.07, 6.45) is 7.95. The van der Waals surface area contributed by atoms with E-state index in [-0.39, 0.29) is 43.5 Å². The molecule has 1 aliphatic heterocycles. The normalized spacial score (nSPS) is 13.1. The Morgan fingerprint density at radius 2 is 1.36 bits per heavy atom. The Hall–Kier alpha value is -4.96. The quantitative estimate of drug-likeness (QED) is 0.0281. The fourth-order valence-corrected chi connectivity index (χ4v) is 6.71. The maximum Gasteiger partial charge on any atom is 0.224 e. The van der Waals surface area contributed by atoms with Crippen LogP contribution >= 0.6 is 0 Å². The molecule has 0 atom stereocenters. The van der Waals surface area contributed by atoms with E-state index >= 15 is 0 Å². The van der Waals surface area contributed by atoms with Gasteiger partial charge < -0.3 is 74.5 Å². The van der Waals surface area contributed by atoms with Gasteiger partial charge in [0.15, 0.2) is 5.96 Å². The van der Waals surface area contributed by atoms with E-state index in [1.54, 1.807) is 7.11 Å². The lowest BCUT2D eigenvalue weighted by atomic mass is 10.1. The smallest absolute Gasteiger partial charge is 0.224 e. The van der Waals surface area contributed by atoms with Crippen molar-refractivity contribution in [3.05, 3.63) is 47.3 Å². The van der Waals surface area contributed by atoms with Crippen LogP contribution in [0.15, 0.2) is 35.5 Å². The Labute approximate surface area is 390 Å². The minimum atomic E-state index is -0.248. The van der Waals surface area contributed by atoms with Gasteiger partial charge in [-0.15, -0.1) is 0 Å². The van der Waals surface area contributed by atoms with E-state index in [0.29, 0.717) is 136 Å². The molecule has 20 heteroatoms. The van der Waals surface area contributed by atoms with Crippen molar-refractivity contribution < 1.29 is 52.3 Å². The van der Waals surface area contributed by atoms with Gasteiger partial charge in [-0.05, 0) is 24.1 Å². The largest absolute Gasteiger partial charge is 0.496 e. The van der Waals surface area contributed by atoms with E-state index in [0.717, 1.165) is 61.5 Å². The van der Waals surface area contributed by atoms with Gasteiger partial charge in [0.1, 0.15) is 12.0 Å². The Morgan fingerprint density at radius 1 is 0.758 bits per heavy atom. The van der Waals surface area contributed by atoms with Gasteiger partial charge in [0.25, 0.3) is 0 Å². The van der Waals surface area contributed by atoms with Crippen LogP contribution < -0.4 is 26.4 Å². The number of carbonyl (C=O) groups excluding carboxylic acids is 4. The summed E-state index contributed by atoms with van der Waals surface area (Å²) in [7, 11) is 1.67. The third-order valence-electron chi connectivity index (χ3n) is 10.3. The summed E-state index contributed by atoms with van der Waals surface area (Å²) in [5.74, 6) is 0.784. The lowest BCUT2D eigenvalue weighted by Gasteiger charge is -2.35. The van der Waals surface area contributed by atoms with Crippen molar-refractivity contribution in [2.45, 2.75) is 65.0 Å². The number of unbranched alkanes of at least 4 members (excludes halogenated alkanes) is 2. The van der Waals surface area contributed by atoms with Crippen LogP contribution in [-0.4, -0.2) is 183 Å². The number of benzene rings is 1. The molecule has 0 aliphatic carbocycles. The summed E-state index contributed by atoms with van der Waals surface area (Å²) in [4.78, 5) is 54.9. The van der Waals surface area contributed by atoms with E-state index in [4.69, 9.17) is 44.3 Å². The number of nitrogens with one attached hydrogen (secondary N) is 4. The van der Waals surface area contributed by atoms with Crippen molar-refractivity contribution in [1.29, 1.82) is 5.41 Å². The highest BCUT2D eigenvalue weighted by Gasteiger charge is 2.21. The SMILES string of the molecule is CCCCCN=C(N)Nc1ccn(Cc2ccc(CN3CCN(C(=O)CCOCCOCCOCCOCCOCCOCCNC(=O)CCNC(=O)CCC=O)CC3)cc2OC)c1C=N. The molecule has 0 unspecified atom stereocenters. The van der Waals surface area contributed by atoms with Crippen molar-refractivity contribution in [3.63, 3.8) is 0 Å². The average molecular weight is 930 g/mol. The van der Waals surface area contributed by atoms with Crippen LogP contribution in [-0.2, 0) is 60.7 Å². The van der Waals surface area contributed by atoms with Gasteiger partial charge in [-0.25, -0.2) is 0 Å². The summed E-state index contributed by atoms with van der Waals surface area (Å²) >= 11 is 0. The standard InChI is InChI=1S/C46H75N9O11/c1-3-4-5-13-51-46(48)52-40-11-16-55(41(40)35-47)37-39-9-8-38(34-42(39)60-2)36-53-17-19-54(20-18-53)45(59)12-22-61-24-26-63-28-30-65-32-33-66-31-29-64-27-25-62-23-15-50-44(58)10-14-49-43(57)7-6-21-56/h8-9,11,16,21,34-35,47H,3-7,10,12-15,17-20,22-33,36-37H2,1-2H3,(H,49,57)(H,50,58)(H3,48,51,52). The van der Waals surface area contributed by atoms with Crippen LogP contribution in [0.5, 0.6) is 5.75 Å². The first kappa shape index (κ1) is 55.4. The molecule has 1 saturated heterocycles. The summed E-state index contributed by atoms with van der Waals surface area (Å²) in [6.45, 7) is 12.5. The maximum atomic E-state index is 12.8. The van der Waals surface area contributed by atoms with Gasteiger partial charge in [-0.2, -0.15) is 0 Å². The molecular weight excluding hydrogens is 855 g/mol. The van der Waals surface area contributed by atoms with Gasteiger partial charge in [0.2, 0.25) is 17.7 Å². The van der Waals surface area contributed by atoms with Crippen molar-refractivity contribution in [2.24, 2.45) is 10.7 Å². The van der Waals surface area contributed by atoms with Crippen molar-refractivity contribution in [1.82, 2.24) is 25.0 Å². The van der Waals surface area contributed by atoms with Crippen molar-refractivity contribution in [2.75, 3.05) is 138 Å². The van der Waals surface area contributed by atoms with E-state index in [1.807, 2.05) is 21.7 Å². The number of nitrogens with zero attached hydrogens (tertiary/aromatic N) is 4. The Bertz CT molecular complexity index is 1720. The molecule has 2 heterocycles. The third kappa shape index (κ3) is 24.0. The van der Waals surface area contributed by atoms with Gasteiger partial charge >= 0.3 is 0 Å². The first-order valence-corrected chi connectivity index (χ1v) is 23.1. The Morgan fingerprint density at radius 3 is 1.97 bits per heavy atom. The number of aldehydes is 1. The second kappa shape index (κ2) is 35.3. The summed E-state index contributed by atoms with van der Waals surface area (Å²) < 4.78 is 40.9. The molecular formula is C46H75N9O11. The number of aliphatic imine (C=N–C) groups is 1. The number of carbonyl (C=O) groups is 4. The molecule has 2 aromatic rings. The molecule has 1 fully saturated rings. The topological polar surface area (TPSA) is 243 Å². The van der Waals surface area contributed by atoms with Gasteiger partial charge in [-0.1, -0.05) is 31.9 Å². The number of hydrogen-bond acceptors (Lipinski definition) is 14. The lowest BCUT2D eigenvalue weighted by molar-refractivity contribution is -0.134. The molecule has 3 amide bonds. The van der Waals surface area contributed by atoms with Crippen LogP contribution in [0.4, 0.5) is 5.69 Å². The highest BCUT2D eigenvalue weighted by Crippen LogP contribution is 2.25. The molecule has 3 rings (SSSR count). The Balaban J connectivity index is 1.13. The number of hydrogen-bond donors (Lipinski definition) is 5. The number of guanidine groups is 1. The molecule has 370 valence electrons. The predicted octanol–water partition coefficient (Wildman–Crippen LogP) is 2.19. The zero-order chi connectivity index (χ0) is 47.5. The number of methoxy groups -OCH3 is 1. The zero-order valence-corrected chi connectivity index (χ0v) is 39.2. The fraction of sp³-hybridized carbons (Fsp3) is 0.652. The average Bonchev–Trinajstić information content (AvgIpc) is 3.70. The van der Waals surface area contributed by atoms with Crippen molar-refractivity contribution in [3.8, 4) is 5.75 Å². The van der Waals surface area contributed by atoms with E-state index in [1.165, 1.54) is 6.21 Å². The minimum Gasteiger partial charge on any atom is -0.496 e. The first-order valence-electron chi connectivity index (χ1n) is 23.1. The molecule has 0 bridgehead atoms.